The highest BCUT2D eigenvalue weighted by Gasteiger charge is 2.26. The van der Waals surface area contributed by atoms with Crippen molar-refractivity contribution < 1.29 is 22.7 Å². The van der Waals surface area contributed by atoms with Crippen molar-refractivity contribution in [3.8, 4) is 0 Å². The lowest BCUT2D eigenvalue weighted by Gasteiger charge is -2.22. The van der Waals surface area contributed by atoms with Crippen LogP contribution in [0.25, 0.3) is 0 Å². The summed E-state index contributed by atoms with van der Waals surface area (Å²) in [5, 5.41) is 2.78. The van der Waals surface area contributed by atoms with Crippen LogP contribution in [0.3, 0.4) is 0 Å². The lowest BCUT2D eigenvalue weighted by Crippen LogP contribution is -2.51. The van der Waals surface area contributed by atoms with Gasteiger partial charge in [0.15, 0.2) is 9.84 Å². The van der Waals surface area contributed by atoms with Crippen LogP contribution in [0.2, 0.25) is 0 Å². The molecular weight excluding hydrogens is 344 g/mol. The first kappa shape index (κ1) is 21.1. The van der Waals surface area contributed by atoms with E-state index in [4.69, 9.17) is 5.73 Å². The molecule has 0 aliphatic heterocycles. The van der Waals surface area contributed by atoms with Gasteiger partial charge >= 0.3 is 5.97 Å². The number of hydrogen-bond acceptors (Lipinski definition) is 6. The highest BCUT2D eigenvalue weighted by molar-refractivity contribution is 7.91. The first-order valence-corrected chi connectivity index (χ1v) is 9.84. The van der Waals surface area contributed by atoms with Gasteiger partial charge < -0.3 is 15.8 Å². The van der Waals surface area contributed by atoms with Gasteiger partial charge in [-0.1, -0.05) is 37.6 Å². The average Bonchev–Trinajstić information content (AvgIpc) is 2.52. The van der Waals surface area contributed by atoms with Gasteiger partial charge in [0.05, 0.1) is 18.4 Å². The number of carbonyl (C=O) groups excluding carboxylic acids is 2. The van der Waals surface area contributed by atoms with Gasteiger partial charge in [-0.2, -0.15) is 0 Å². The van der Waals surface area contributed by atoms with Crippen molar-refractivity contribution in [1.82, 2.24) is 5.32 Å². The molecule has 1 aromatic carbocycles. The Hall–Kier alpha value is -1.93. The number of ether oxygens (including phenoxy) is 1. The normalized spacial score (nSPS) is 13.8. The molecule has 1 unspecified atom stereocenters. The molecule has 0 aliphatic rings. The van der Waals surface area contributed by atoms with Crippen molar-refractivity contribution in [2.45, 2.75) is 44.5 Å². The summed E-state index contributed by atoms with van der Waals surface area (Å²) in [6.45, 7) is 3.97. The minimum absolute atomic E-state index is 0.223. The molecule has 0 heterocycles. The fraction of sp³-hybridized carbons (Fsp3) is 0.529. The summed E-state index contributed by atoms with van der Waals surface area (Å²) in [5.41, 5.74) is 6.45. The number of carbonyl (C=O) groups is 2. The first-order chi connectivity index (χ1) is 11.6. The van der Waals surface area contributed by atoms with E-state index in [1.807, 2.05) is 6.92 Å². The molecule has 3 N–H and O–H groups in total. The van der Waals surface area contributed by atoms with Crippen molar-refractivity contribution in [2.75, 3.05) is 12.9 Å². The van der Waals surface area contributed by atoms with Gasteiger partial charge in [0.25, 0.3) is 0 Å². The fourth-order valence-electron chi connectivity index (χ4n) is 2.31. The monoisotopic (exact) mass is 370 g/mol. The Morgan fingerprint density at radius 2 is 1.76 bits per heavy atom. The molecule has 0 aromatic heterocycles. The van der Waals surface area contributed by atoms with Gasteiger partial charge in [-0.3, -0.25) is 9.59 Å². The molecule has 1 aromatic rings. The van der Waals surface area contributed by atoms with Crippen molar-refractivity contribution in [1.29, 1.82) is 0 Å². The van der Waals surface area contributed by atoms with Crippen LogP contribution in [0.15, 0.2) is 24.3 Å². The average molecular weight is 370 g/mol. The molecule has 0 bridgehead atoms. The van der Waals surface area contributed by atoms with Crippen molar-refractivity contribution in [2.24, 2.45) is 5.73 Å². The summed E-state index contributed by atoms with van der Waals surface area (Å²) in [6.07, 6.45) is 1.41. The van der Waals surface area contributed by atoms with Crippen molar-refractivity contribution in [3.63, 3.8) is 0 Å². The molecule has 7 nitrogen and oxygen atoms in total. The Morgan fingerprint density at radius 1 is 1.20 bits per heavy atom. The summed E-state index contributed by atoms with van der Waals surface area (Å²) >= 11 is 0. The molecule has 8 heteroatoms. The van der Waals surface area contributed by atoms with Gasteiger partial charge in [0, 0.05) is 6.54 Å². The quantitative estimate of drug-likeness (QED) is 0.624. The predicted molar refractivity (Wildman–Crippen MR) is 95.3 cm³/mol. The SMILES string of the molecule is CCCC(C)(N)C(=O)NCc1ccc(CS(=O)(=O)CC(=O)OC)cc1. The number of rotatable bonds is 9. The maximum absolute atomic E-state index is 12.1. The second-order valence-electron chi connectivity index (χ2n) is 6.28. The van der Waals surface area contributed by atoms with E-state index in [-0.39, 0.29) is 11.7 Å². The molecule has 0 aliphatic carbocycles. The molecule has 0 spiro atoms. The zero-order chi connectivity index (χ0) is 19.1. The largest absolute Gasteiger partial charge is 0.468 e. The van der Waals surface area contributed by atoms with E-state index in [0.29, 0.717) is 18.5 Å². The third-order valence-electron chi connectivity index (χ3n) is 3.72. The summed E-state index contributed by atoms with van der Waals surface area (Å²) < 4.78 is 28.1. The second kappa shape index (κ2) is 8.96. The minimum atomic E-state index is -3.57. The molecule has 25 heavy (non-hydrogen) atoms. The van der Waals surface area contributed by atoms with Crippen LogP contribution in [0.4, 0.5) is 0 Å². The van der Waals surface area contributed by atoms with Crippen molar-refractivity contribution in [3.05, 3.63) is 35.4 Å². The molecule has 0 radical (unpaired) electrons. The zero-order valence-corrected chi connectivity index (χ0v) is 15.7. The third kappa shape index (κ3) is 7.23. The van der Waals surface area contributed by atoms with E-state index in [2.05, 4.69) is 10.1 Å². The molecule has 0 saturated heterocycles. The standard InChI is InChI=1S/C17H26N2O5S/c1-4-9-17(2,18)16(21)19-10-13-5-7-14(8-6-13)11-25(22,23)12-15(20)24-3/h5-8H,4,9-12,18H2,1-3H3,(H,19,21). The number of esters is 1. The number of nitrogens with two attached hydrogens (primary N) is 1. The number of benzene rings is 1. The fourth-order valence-corrected chi connectivity index (χ4v) is 3.59. The summed E-state index contributed by atoms with van der Waals surface area (Å²) in [5.74, 6) is -1.89. The highest BCUT2D eigenvalue weighted by Crippen LogP contribution is 2.11. The van der Waals surface area contributed by atoms with Gasteiger partial charge in [-0.15, -0.1) is 0 Å². The molecule has 1 amide bonds. The van der Waals surface area contributed by atoms with E-state index in [0.717, 1.165) is 19.1 Å². The Labute approximate surface area is 148 Å². The number of amides is 1. The maximum Gasteiger partial charge on any atom is 0.320 e. The maximum atomic E-state index is 12.1. The third-order valence-corrected chi connectivity index (χ3v) is 5.16. The number of hydrogen-bond donors (Lipinski definition) is 2. The van der Waals surface area contributed by atoms with Crippen LogP contribution in [0.1, 0.15) is 37.8 Å². The van der Waals surface area contributed by atoms with Crippen molar-refractivity contribution >= 4 is 21.7 Å². The molecule has 0 saturated carbocycles. The van der Waals surface area contributed by atoms with E-state index >= 15 is 0 Å². The highest BCUT2D eigenvalue weighted by atomic mass is 32.2. The van der Waals surface area contributed by atoms with Crippen LogP contribution in [0, 0.1) is 0 Å². The van der Waals surface area contributed by atoms with Crippen LogP contribution in [0.5, 0.6) is 0 Å². The molecule has 1 rings (SSSR count). The smallest absolute Gasteiger partial charge is 0.320 e. The van der Waals surface area contributed by atoms with Crippen LogP contribution >= 0.6 is 0 Å². The predicted octanol–water partition coefficient (Wildman–Crippen LogP) is 0.908. The van der Waals surface area contributed by atoms with E-state index in [9.17, 15) is 18.0 Å². The van der Waals surface area contributed by atoms with Gasteiger partial charge in [-0.25, -0.2) is 8.42 Å². The van der Waals surface area contributed by atoms with Crippen LogP contribution in [-0.2, 0) is 36.5 Å². The molecule has 1 atom stereocenters. The minimum Gasteiger partial charge on any atom is -0.468 e. The zero-order valence-electron chi connectivity index (χ0n) is 14.9. The molecule has 0 fully saturated rings. The van der Waals surface area contributed by atoms with Crippen LogP contribution < -0.4 is 11.1 Å². The van der Waals surface area contributed by atoms with Gasteiger partial charge in [0.2, 0.25) is 5.91 Å². The summed E-state index contributed by atoms with van der Waals surface area (Å²) in [4.78, 5) is 23.2. The molecule has 140 valence electrons. The number of methoxy groups -OCH3 is 1. The Bertz CT molecular complexity index is 696. The van der Waals surface area contributed by atoms with Gasteiger partial charge in [-0.05, 0) is 24.5 Å². The summed E-state index contributed by atoms with van der Waals surface area (Å²) in [7, 11) is -2.42. The Kier molecular flexibility index (Phi) is 7.57. The molecular formula is C17H26N2O5S. The van der Waals surface area contributed by atoms with E-state index in [1.54, 1.807) is 31.2 Å². The van der Waals surface area contributed by atoms with E-state index < -0.39 is 27.1 Å². The Balaban J connectivity index is 2.62. The van der Waals surface area contributed by atoms with E-state index in [1.165, 1.54) is 0 Å². The van der Waals surface area contributed by atoms with Crippen LogP contribution in [-0.4, -0.2) is 38.7 Å². The first-order valence-electron chi connectivity index (χ1n) is 8.02. The topological polar surface area (TPSA) is 116 Å². The number of sulfone groups is 1. The Morgan fingerprint density at radius 3 is 2.28 bits per heavy atom. The second-order valence-corrected chi connectivity index (χ2v) is 8.34. The van der Waals surface area contributed by atoms with Gasteiger partial charge in [0.1, 0.15) is 5.75 Å². The lowest BCUT2D eigenvalue weighted by molar-refractivity contribution is -0.137. The lowest BCUT2D eigenvalue weighted by atomic mass is 9.96. The summed E-state index contributed by atoms with van der Waals surface area (Å²) in [6, 6.07) is 6.78. The number of nitrogens with one attached hydrogen (secondary N) is 1.